The molecule has 1 amide bonds. The number of hydrogen-bond donors (Lipinski definition) is 1. The van der Waals surface area contributed by atoms with Gasteiger partial charge in [0.1, 0.15) is 0 Å². The first-order valence-corrected chi connectivity index (χ1v) is 12.3. The van der Waals surface area contributed by atoms with Crippen LogP contribution in [0.1, 0.15) is 38.7 Å². The predicted octanol–water partition coefficient (Wildman–Crippen LogP) is 4.90. The SMILES string of the molecule is Cc1cc(C)nc(SCc2c(C(=O)NCCc3ccccc3)nnn2-c2ccc(C)c(Cl)c2)n1. The minimum absolute atomic E-state index is 0.266. The number of rotatable bonds is 8. The second kappa shape index (κ2) is 10.8. The monoisotopic (exact) mass is 492 g/mol. The zero-order valence-electron chi connectivity index (χ0n) is 19.2. The molecule has 0 spiro atoms. The number of thioether (sulfide) groups is 1. The van der Waals surface area contributed by atoms with Crippen LogP contribution in [0.15, 0.2) is 59.8 Å². The maximum absolute atomic E-state index is 13.0. The average Bonchev–Trinajstić information content (AvgIpc) is 3.23. The number of aryl methyl sites for hydroxylation is 3. The van der Waals surface area contributed by atoms with Crippen molar-refractivity contribution in [1.82, 2.24) is 30.3 Å². The average molecular weight is 493 g/mol. The molecule has 34 heavy (non-hydrogen) atoms. The zero-order valence-corrected chi connectivity index (χ0v) is 20.8. The molecule has 174 valence electrons. The molecule has 0 bridgehead atoms. The van der Waals surface area contributed by atoms with Gasteiger partial charge in [0.25, 0.3) is 5.91 Å². The molecular formula is C25H25ClN6OS. The summed E-state index contributed by atoms with van der Waals surface area (Å²) in [5, 5.41) is 12.7. The number of carbonyl (C=O) groups excluding carboxylic acids is 1. The number of halogens is 1. The molecule has 0 aliphatic carbocycles. The van der Waals surface area contributed by atoms with Crippen molar-refractivity contribution in [2.75, 3.05) is 6.54 Å². The number of benzene rings is 2. The number of amides is 1. The number of nitrogens with one attached hydrogen (secondary N) is 1. The standard InChI is InChI=1S/C25H25ClN6OS/c1-16-9-10-20(14-21(16)26)32-22(15-34-25-28-17(2)13-18(3)29-25)23(30-31-32)24(33)27-12-11-19-7-5-4-6-8-19/h4-10,13-14H,11-12,15H2,1-3H3,(H,27,33). The highest BCUT2D eigenvalue weighted by molar-refractivity contribution is 7.98. The summed E-state index contributed by atoms with van der Waals surface area (Å²) in [5.41, 5.74) is 5.58. The molecule has 2 aromatic carbocycles. The van der Waals surface area contributed by atoms with Gasteiger partial charge < -0.3 is 5.32 Å². The Bertz CT molecular complexity index is 1290. The first kappa shape index (κ1) is 23.9. The number of nitrogens with zero attached hydrogens (tertiary/aromatic N) is 5. The van der Waals surface area contributed by atoms with Gasteiger partial charge in [-0.3, -0.25) is 4.79 Å². The smallest absolute Gasteiger partial charge is 0.273 e. The molecular weight excluding hydrogens is 468 g/mol. The minimum Gasteiger partial charge on any atom is -0.350 e. The first-order chi connectivity index (χ1) is 16.4. The Kier molecular flexibility index (Phi) is 7.59. The molecule has 0 atom stereocenters. The summed E-state index contributed by atoms with van der Waals surface area (Å²) in [5.74, 6) is 0.153. The van der Waals surface area contributed by atoms with Crippen molar-refractivity contribution in [1.29, 1.82) is 0 Å². The fourth-order valence-corrected chi connectivity index (χ4v) is 4.58. The molecule has 7 nitrogen and oxygen atoms in total. The van der Waals surface area contributed by atoms with E-state index in [9.17, 15) is 4.79 Å². The van der Waals surface area contributed by atoms with Crippen molar-refractivity contribution >= 4 is 29.3 Å². The van der Waals surface area contributed by atoms with Gasteiger partial charge in [0.05, 0.1) is 11.4 Å². The lowest BCUT2D eigenvalue weighted by Gasteiger charge is -2.10. The van der Waals surface area contributed by atoms with Crippen LogP contribution in [0.4, 0.5) is 0 Å². The molecule has 1 N–H and O–H groups in total. The topological polar surface area (TPSA) is 85.6 Å². The molecule has 0 saturated carbocycles. The molecule has 2 aromatic heterocycles. The van der Waals surface area contributed by atoms with Gasteiger partial charge in [-0.2, -0.15) is 0 Å². The van der Waals surface area contributed by atoms with Gasteiger partial charge in [0.2, 0.25) is 0 Å². The Balaban J connectivity index is 1.59. The van der Waals surface area contributed by atoms with Crippen LogP contribution in [0, 0.1) is 20.8 Å². The van der Waals surface area contributed by atoms with E-state index in [4.69, 9.17) is 11.6 Å². The highest BCUT2D eigenvalue weighted by Gasteiger charge is 2.21. The summed E-state index contributed by atoms with van der Waals surface area (Å²) in [6, 6.07) is 17.6. The van der Waals surface area contributed by atoms with E-state index in [1.54, 1.807) is 4.68 Å². The first-order valence-electron chi connectivity index (χ1n) is 10.9. The fraction of sp³-hybridized carbons (Fsp3) is 0.240. The molecule has 4 aromatic rings. The van der Waals surface area contributed by atoms with Crippen LogP contribution in [0.25, 0.3) is 5.69 Å². The maximum Gasteiger partial charge on any atom is 0.273 e. The van der Waals surface area contributed by atoms with Crippen molar-refractivity contribution in [2.45, 2.75) is 38.1 Å². The van der Waals surface area contributed by atoms with Crippen LogP contribution in [0.2, 0.25) is 5.02 Å². The second-order valence-corrected chi connectivity index (χ2v) is 9.29. The Morgan fingerprint density at radius 2 is 1.76 bits per heavy atom. The molecule has 9 heteroatoms. The van der Waals surface area contributed by atoms with E-state index in [0.717, 1.165) is 34.6 Å². The maximum atomic E-state index is 13.0. The molecule has 0 radical (unpaired) electrons. The highest BCUT2D eigenvalue weighted by Crippen LogP contribution is 2.25. The molecule has 0 fully saturated rings. The Morgan fingerprint density at radius 1 is 1.03 bits per heavy atom. The van der Waals surface area contributed by atoms with Crippen molar-refractivity contribution in [2.24, 2.45) is 0 Å². The van der Waals surface area contributed by atoms with Gasteiger partial charge in [0.15, 0.2) is 10.9 Å². The molecule has 0 unspecified atom stereocenters. The normalized spacial score (nSPS) is 10.9. The van der Waals surface area contributed by atoms with Gasteiger partial charge in [0, 0.05) is 28.7 Å². The summed E-state index contributed by atoms with van der Waals surface area (Å²) in [6.45, 7) is 6.31. The van der Waals surface area contributed by atoms with Crippen molar-refractivity contribution in [3.63, 3.8) is 0 Å². The van der Waals surface area contributed by atoms with E-state index < -0.39 is 0 Å². The quantitative estimate of drug-likeness (QED) is 0.278. The van der Waals surface area contributed by atoms with Gasteiger partial charge in [-0.25, -0.2) is 14.6 Å². The number of aromatic nitrogens is 5. The summed E-state index contributed by atoms with van der Waals surface area (Å²) >= 11 is 7.79. The number of carbonyl (C=O) groups is 1. The summed E-state index contributed by atoms with van der Waals surface area (Å²) in [7, 11) is 0. The van der Waals surface area contributed by atoms with E-state index >= 15 is 0 Å². The lowest BCUT2D eigenvalue weighted by Crippen LogP contribution is -2.27. The van der Waals surface area contributed by atoms with E-state index in [1.807, 2.05) is 75.4 Å². The summed E-state index contributed by atoms with van der Waals surface area (Å²) in [6.07, 6.45) is 0.731. The summed E-state index contributed by atoms with van der Waals surface area (Å²) in [4.78, 5) is 22.0. The molecule has 2 heterocycles. The van der Waals surface area contributed by atoms with Crippen molar-refractivity contribution < 1.29 is 4.79 Å². The Hall–Kier alpha value is -3.23. The van der Waals surface area contributed by atoms with Crippen LogP contribution >= 0.6 is 23.4 Å². The van der Waals surface area contributed by atoms with E-state index in [1.165, 1.54) is 11.8 Å². The fourth-order valence-electron chi connectivity index (χ4n) is 3.47. The molecule has 0 aliphatic heterocycles. The third kappa shape index (κ3) is 5.81. The molecule has 0 saturated heterocycles. The van der Waals surface area contributed by atoms with Crippen LogP contribution in [0.5, 0.6) is 0 Å². The summed E-state index contributed by atoms with van der Waals surface area (Å²) < 4.78 is 1.66. The van der Waals surface area contributed by atoms with Crippen molar-refractivity contribution in [3.8, 4) is 5.69 Å². The minimum atomic E-state index is -0.266. The van der Waals surface area contributed by atoms with Crippen molar-refractivity contribution in [3.05, 3.63) is 93.5 Å². The predicted molar refractivity (Wildman–Crippen MR) is 135 cm³/mol. The largest absolute Gasteiger partial charge is 0.350 e. The van der Waals surface area contributed by atoms with Gasteiger partial charge >= 0.3 is 0 Å². The lowest BCUT2D eigenvalue weighted by molar-refractivity contribution is 0.0948. The van der Waals surface area contributed by atoms with E-state index in [-0.39, 0.29) is 11.6 Å². The van der Waals surface area contributed by atoms with Crippen LogP contribution in [0.3, 0.4) is 0 Å². The van der Waals surface area contributed by atoms with Gasteiger partial charge in [-0.1, -0.05) is 65.0 Å². The molecule has 0 aliphatic rings. The van der Waals surface area contributed by atoms with Crippen LogP contribution in [-0.2, 0) is 12.2 Å². The highest BCUT2D eigenvalue weighted by atomic mass is 35.5. The number of hydrogen-bond acceptors (Lipinski definition) is 6. The Labute approximate surface area is 208 Å². The third-order valence-electron chi connectivity index (χ3n) is 5.22. The van der Waals surface area contributed by atoms with E-state index in [0.29, 0.717) is 28.2 Å². The van der Waals surface area contributed by atoms with E-state index in [2.05, 4.69) is 25.6 Å². The second-order valence-electron chi connectivity index (χ2n) is 7.94. The van der Waals surface area contributed by atoms with Gasteiger partial charge in [-0.05, 0) is 56.5 Å². The molecule has 4 rings (SSSR count). The van der Waals surface area contributed by atoms with Crippen LogP contribution < -0.4 is 5.32 Å². The third-order valence-corrected chi connectivity index (χ3v) is 6.49. The Morgan fingerprint density at radius 3 is 2.47 bits per heavy atom. The zero-order chi connectivity index (χ0) is 24.1. The van der Waals surface area contributed by atoms with Gasteiger partial charge in [-0.15, -0.1) is 5.10 Å². The van der Waals surface area contributed by atoms with Crippen LogP contribution in [-0.4, -0.2) is 37.4 Å². The lowest BCUT2D eigenvalue weighted by atomic mass is 10.1.